The van der Waals surface area contributed by atoms with Gasteiger partial charge in [0.05, 0.1) is 12.0 Å². The van der Waals surface area contributed by atoms with Crippen molar-refractivity contribution in [1.82, 2.24) is 5.32 Å². The highest BCUT2D eigenvalue weighted by Crippen LogP contribution is 2.35. The molecule has 0 spiro atoms. The van der Waals surface area contributed by atoms with Crippen molar-refractivity contribution in [2.75, 3.05) is 19.8 Å². The van der Waals surface area contributed by atoms with Crippen molar-refractivity contribution in [1.29, 1.82) is 0 Å². The van der Waals surface area contributed by atoms with Crippen molar-refractivity contribution in [2.45, 2.75) is 24.4 Å². The zero-order valence-corrected chi connectivity index (χ0v) is 16.3. The van der Waals surface area contributed by atoms with Crippen molar-refractivity contribution in [3.05, 3.63) is 70.6 Å². The highest BCUT2D eigenvalue weighted by molar-refractivity contribution is 7.08. The molecule has 1 aromatic carbocycles. The summed E-state index contributed by atoms with van der Waals surface area (Å²) in [4.78, 5) is 13.1. The van der Waals surface area contributed by atoms with Crippen LogP contribution in [-0.2, 0) is 14.9 Å². The number of hydrogen-bond acceptors (Lipinski definition) is 5. The molecule has 1 aliphatic rings. The Morgan fingerprint density at radius 1 is 1.14 bits per heavy atom. The van der Waals surface area contributed by atoms with Crippen molar-refractivity contribution in [2.24, 2.45) is 0 Å². The van der Waals surface area contributed by atoms with E-state index in [2.05, 4.69) is 5.32 Å². The summed E-state index contributed by atoms with van der Waals surface area (Å²) in [6.07, 6.45) is 0.355. The fourth-order valence-corrected chi connectivity index (χ4v) is 4.32. The smallest absolute Gasteiger partial charge is 0.230 e. The van der Waals surface area contributed by atoms with E-state index in [1.807, 2.05) is 53.2 Å². The van der Waals surface area contributed by atoms with Crippen LogP contribution in [0.15, 0.2) is 63.7 Å². The third kappa shape index (κ3) is 3.76. The molecule has 1 saturated heterocycles. The van der Waals surface area contributed by atoms with Crippen molar-refractivity contribution in [3.63, 3.8) is 0 Å². The Hall–Kier alpha value is -2.41. The van der Waals surface area contributed by atoms with E-state index in [-0.39, 0.29) is 12.5 Å². The van der Waals surface area contributed by atoms with E-state index >= 15 is 0 Å². The minimum Gasteiger partial charge on any atom is -0.458 e. The molecule has 1 aliphatic heterocycles. The van der Waals surface area contributed by atoms with Crippen LogP contribution in [0.5, 0.6) is 0 Å². The molecule has 1 amide bonds. The summed E-state index contributed by atoms with van der Waals surface area (Å²) in [5, 5.41) is 17.4. The summed E-state index contributed by atoms with van der Waals surface area (Å²) >= 11 is 1.59. The largest absolute Gasteiger partial charge is 0.458 e. The average molecular weight is 397 g/mol. The summed E-state index contributed by atoms with van der Waals surface area (Å²) in [5.41, 5.74) is 1.35. The van der Waals surface area contributed by atoms with Crippen LogP contribution in [0.4, 0.5) is 0 Å². The summed E-state index contributed by atoms with van der Waals surface area (Å²) in [7, 11) is 0. The van der Waals surface area contributed by atoms with Crippen LogP contribution in [0.2, 0.25) is 0 Å². The van der Waals surface area contributed by atoms with E-state index < -0.39 is 11.5 Å². The maximum atomic E-state index is 13.1. The molecule has 1 atom stereocenters. The third-order valence-electron chi connectivity index (χ3n) is 5.32. The molecule has 4 rings (SSSR count). The number of benzene rings is 1. The number of rotatable bonds is 6. The molecule has 0 bridgehead atoms. The van der Waals surface area contributed by atoms with Gasteiger partial charge in [-0.2, -0.15) is 11.3 Å². The third-order valence-corrected chi connectivity index (χ3v) is 6.01. The molecule has 3 heterocycles. The van der Waals surface area contributed by atoms with Crippen LogP contribution in [0.3, 0.4) is 0 Å². The van der Waals surface area contributed by atoms with Crippen molar-refractivity contribution in [3.8, 4) is 11.3 Å². The predicted octanol–water partition coefficient (Wildman–Crippen LogP) is 3.91. The first kappa shape index (κ1) is 18.9. The highest BCUT2D eigenvalue weighted by atomic mass is 32.1. The number of hydrogen-bond donors (Lipinski definition) is 2. The van der Waals surface area contributed by atoms with Gasteiger partial charge in [0, 0.05) is 24.2 Å². The van der Waals surface area contributed by atoms with E-state index in [1.54, 1.807) is 17.4 Å². The normalized spacial score (nSPS) is 17.2. The molecule has 0 unspecified atom stereocenters. The van der Waals surface area contributed by atoms with E-state index in [4.69, 9.17) is 9.15 Å². The zero-order valence-electron chi connectivity index (χ0n) is 15.5. The first-order valence-corrected chi connectivity index (χ1v) is 10.4. The summed E-state index contributed by atoms with van der Waals surface area (Å²) in [5.74, 6) is 1.08. The number of nitrogens with one attached hydrogen (secondary N) is 1. The Bertz CT molecular complexity index is 898. The summed E-state index contributed by atoms with van der Waals surface area (Å²) in [6, 6.07) is 15.4. The molecule has 6 heteroatoms. The molecule has 2 N–H and O–H groups in total. The van der Waals surface area contributed by atoms with Gasteiger partial charge in [0.25, 0.3) is 0 Å². The van der Waals surface area contributed by atoms with E-state index in [0.29, 0.717) is 37.6 Å². The fraction of sp³-hybridized carbons (Fsp3) is 0.318. The Morgan fingerprint density at radius 2 is 1.93 bits per heavy atom. The second-order valence-corrected chi connectivity index (χ2v) is 7.78. The van der Waals surface area contributed by atoms with Gasteiger partial charge < -0.3 is 19.6 Å². The molecule has 146 valence electrons. The zero-order chi connectivity index (χ0) is 19.4. The van der Waals surface area contributed by atoms with Crippen molar-refractivity contribution >= 4 is 17.2 Å². The molecule has 5 nitrogen and oxygen atoms in total. The van der Waals surface area contributed by atoms with Gasteiger partial charge in [0.1, 0.15) is 17.6 Å². The van der Waals surface area contributed by atoms with Gasteiger partial charge in [0.15, 0.2) is 0 Å². The summed E-state index contributed by atoms with van der Waals surface area (Å²) in [6.45, 7) is 1.20. The summed E-state index contributed by atoms with van der Waals surface area (Å²) < 4.78 is 11.2. The van der Waals surface area contributed by atoms with Crippen LogP contribution < -0.4 is 5.32 Å². The molecular formula is C22H23NO4S. The van der Waals surface area contributed by atoms with Gasteiger partial charge in [-0.15, -0.1) is 0 Å². The van der Waals surface area contributed by atoms with E-state index in [1.165, 1.54) is 0 Å². The number of carbonyl (C=O) groups is 1. The standard InChI is InChI=1S/C22H23NO4S/c24-18(20-7-6-19(27-20)16-8-13-28-15-16)14-23-21(25)22(9-11-26-12-10-22)17-4-2-1-3-5-17/h1-8,13,15,18,24H,9-12,14H2,(H,23,25)/t18-/m0/s1. The second-order valence-electron chi connectivity index (χ2n) is 7.00. The van der Waals surface area contributed by atoms with Crippen LogP contribution in [0, 0.1) is 0 Å². The number of ether oxygens (including phenoxy) is 1. The van der Waals surface area contributed by atoms with Gasteiger partial charge in [-0.1, -0.05) is 30.3 Å². The lowest BCUT2D eigenvalue weighted by atomic mass is 9.73. The molecule has 0 saturated carbocycles. The van der Waals surface area contributed by atoms with Gasteiger partial charge in [0.2, 0.25) is 5.91 Å². The minimum atomic E-state index is -0.899. The quantitative estimate of drug-likeness (QED) is 0.662. The Balaban J connectivity index is 1.45. The average Bonchev–Trinajstić information content (AvgIpc) is 3.44. The minimum absolute atomic E-state index is 0.0781. The number of amides is 1. The van der Waals surface area contributed by atoms with Crippen LogP contribution in [-0.4, -0.2) is 30.8 Å². The molecule has 0 radical (unpaired) electrons. The maximum absolute atomic E-state index is 13.1. The predicted molar refractivity (Wildman–Crippen MR) is 108 cm³/mol. The molecule has 28 heavy (non-hydrogen) atoms. The van der Waals surface area contributed by atoms with Crippen LogP contribution >= 0.6 is 11.3 Å². The first-order valence-electron chi connectivity index (χ1n) is 9.41. The Morgan fingerprint density at radius 3 is 2.64 bits per heavy atom. The number of aliphatic hydroxyl groups excluding tert-OH is 1. The second kappa shape index (κ2) is 8.31. The fourth-order valence-electron chi connectivity index (χ4n) is 3.67. The van der Waals surface area contributed by atoms with Crippen LogP contribution in [0.25, 0.3) is 11.3 Å². The van der Waals surface area contributed by atoms with Gasteiger partial charge in [-0.25, -0.2) is 0 Å². The Kier molecular flexibility index (Phi) is 5.62. The number of thiophene rings is 1. The first-order chi connectivity index (χ1) is 13.7. The van der Waals surface area contributed by atoms with E-state index in [0.717, 1.165) is 11.1 Å². The van der Waals surface area contributed by atoms with Gasteiger partial charge in [-0.05, 0) is 42.0 Å². The van der Waals surface area contributed by atoms with Gasteiger partial charge in [-0.3, -0.25) is 4.79 Å². The molecule has 0 aliphatic carbocycles. The van der Waals surface area contributed by atoms with Gasteiger partial charge >= 0.3 is 0 Å². The highest BCUT2D eigenvalue weighted by Gasteiger charge is 2.41. The number of carbonyl (C=O) groups excluding carboxylic acids is 1. The molecule has 3 aromatic rings. The topological polar surface area (TPSA) is 71.7 Å². The monoisotopic (exact) mass is 397 g/mol. The molecule has 1 fully saturated rings. The number of furan rings is 1. The van der Waals surface area contributed by atoms with E-state index in [9.17, 15) is 9.90 Å². The van der Waals surface area contributed by atoms with Crippen LogP contribution in [0.1, 0.15) is 30.3 Å². The SMILES string of the molecule is O=C(NC[C@H](O)c1ccc(-c2ccsc2)o1)C1(c2ccccc2)CCOCC1. The van der Waals surface area contributed by atoms with Crippen molar-refractivity contribution < 1.29 is 19.1 Å². The molecule has 2 aromatic heterocycles. The maximum Gasteiger partial charge on any atom is 0.230 e. The lowest BCUT2D eigenvalue weighted by Crippen LogP contribution is -2.48. The Labute approximate surface area is 168 Å². The lowest BCUT2D eigenvalue weighted by molar-refractivity contribution is -0.131. The number of aliphatic hydroxyl groups is 1. The lowest BCUT2D eigenvalue weighted by Gasteiger charge is -2.36. The molecular weight excluding hydrogens is 374 g/mol.